The third-order valence-electron chi connectivity index (χ3n) is 3.85. The van der Waals surface area contributed by atoms with E-state index in [0.29, 0.717) is 18.5 Å². The third kappa shape index (κ3) is 3.36. The van der Waals surface area contributed by atoms with Crippen molar-refractivity contribution in [2.45, 2.75) is 45.7 Å². The highest BCUT2D eigenvalue weighted by Gasteiger charge is 2.39. The van der Waals surface area contributed by atoms with Gasteiger partial charge >= 0.3 is 0 Å². The molecule has 124 valence electrons. The van der Waals surface area contributed by atoms with Crippen LogP contribution in [0.1, 0.15) is 49.0 Å². The number of nitrogens with one attached hydrogen (secondary N) is 2. The molecule has 1 aromatic carbocycles. The molecule has 1 fully saturated rings. The van der Waals surface area contributed by atoms with E-state index in [1.807, 2.05) is 12.1 Å². The second-order valence-corrected chi connectivity index (χ2v) is 5.69. The number of fused-ring (bicyclic) bond motifs is 1. The third-order valence-corrected chi connectivity index (χ3v) is 3.85. The molecular weight excluding hydrogens is 294 g/mol. The lowest BCUT2D eigenvalue weighted by Gasteiger charge is -2.29. The van der Waals surface area contributed by atoms with Gasteiger partial charge in [-0.25, -0.2) is 0 Å². The summed E-state index contributed by atoms with van der Waals surface area (Å²) < 4.78 is 0. The molecule has 0 aromatic heterocycles. The first-order chi connectivity index (χ1) is 11.0. The van der Waals surface area contributed by atoms with Crippen LogP contribution in [0, 0.1) is 0 Å². The quantitative estimate of drug-likeness (QED) is 0.817. The monoisotopic (exact) mass is 317 g/mol. The molecule has 1 saturated heterocycles. The molecule has 1 atom stereocenters. The van der Waals surface area contributed by atoms with Gasteiger partial charge in [-0.05, 0) is 18.6 Å². The Morgan fingerprint density at radius 3 is 2.57 bits per heavy atom. The van der Waals surface area contributed by atoms with Crippen molar-refractivity contribution in [3.8, 4) is 0 Å². The van der Waals surface area contributed by atoms with Crippen LogP contribution in [-0.4, -0.2) is 35.7 Å². The molecule has 2 aliphatic heterocycles. The van der Waals surface area contributed by atoms with Crippen molar-refractivity contribution in [1.29, 1.82) is 0 Å². The van der Waals surface area contributed by atoms with Gasteiger partial charge in [-0.2, -0.15) is 0 Å². The van der Waals surface area contributed by atoms with Gasteiger partial charge in [0, 0.05) is 36.8 Å². The first-order valence-electron chi connectivity index (χ1n) is 7.97. The number of amides is 3. The molecule has 2 N–H and O–H groups in total. The Balaban J connectivity index is 0.000000595. The van der Waals surface area contributed by atoms with E-state index in [1.54, 1.807) is 18.0 Å². The summed E-state index contributed by atoms with van der Waals surface area (Å²) in [5.41, 5.74) is 2.43. The van der Waals surface area contributed by atoms with Crippen LogP contribution < -0.4 is 10.6 Å². The summed E-state index contributed by atoms with van der Waals surface area (Å²) in [5.74, 6) is -0.800. The molecule has 3 amide bonds. The predicted molar refractivity (Wildman–Crippen MR) is 88.0 cm³/mol. The maximum absolute atomic E-state index is 12.4. The zero-order valence-electron chi connectivity index (χ0n) is 13.8. The maximum atomic E-state index is 12.4. The lowest BCUT2D eigenvalue weighted by atomic mass is 10.0. The summed E-state index contributed by atoms with van der Waals surface area (Å²) in [5, 5.41) is 5.35. The van der Waals surface area contributed by atoms with E-state index in [4.69, 9.17) is 0 Å². The Morgan fingerprint density at radius 1 is 1.26 bits per heavy atom. The van der Waals surface area contributed by atoms with Gasteiger partial charge in [-0.3, -0.25) is 19.7 Å². The molecule has 0 radical (unpaired) electrons. The zero-order valence-corrected chi connectivity index (χ0v) is 13.8. The SMILES string of the molecule is CCC.CNc1cccc2c1CN(C1CCC(=O)NC1=O)C2=O. The highest BCUT2D eigenvalue weighted by molar-refractivity contribution is 6.06. The first kappa shape index (κ1) is 17.0. The number of benzene rings is 1. The number of carbonyl (C=O) groups excluding carboxylic acids is 3. The minimum Gasteiger partial charge on any atom is -0.388 e. The highest BCUT2D eigenvalue weighted by Crippen LogP contribution is 2.31. The first-order valence-corrected chi connectivity index (χ1v) is 7.97. The molecule has 2 aliphatic rings. The van der Waals surface area contributed by atoms with Gasteiger partial charge in [0.2, 0.25) is 11.8 Å². The van der Waals surface area contributed by atoms with Crippen molar-refractivity contribution in [2.24, 2.45) is 0 Å². The van der Waals surface area contributed by atoms with Gasteiger partial charge in [0.15, 0.2) is 0 Å². The van der Waals surface area contributed by atoms with E-state index >= 15 is 0 Å². The van der Waals surface area contributed by atoms with Crippen LogP contribution in [0.3, 0.4) is 0 Å². The molecule has 0 bridgehead atoms. The van der Waals surface area contributed by atoms with Crippen molar-refractivity contribution < 1.29 is 14.4 Å². The van der Waals surface area contributed by atoms with Crippen LogP contribution in [-0.2, 0) is 16.1 Å². The maximum Gasteiger partial charge on any atom is 0.255 e. The van der Waals surface area contributed by atoms with E-state index in [2.05, 4.69) is 24.5 Å². The molecular formula is C17H23N3O3. The minimum atomic E-state index is -0.558. The van der Waals surface area contributed by atoms with Crippen LogP contribution in [0.15, 0.2) is 18.2 Å². The molecule has 0 spiro atoms. The molecule has 1 unspecified atom stereocenters. The van der Waals surface area contributed by atoms with E-state index in [1.165, 1.54) is 6.42 Å². The number of hydrogen-bond donors (Lipinski definition) is 2. The normalized spacial score (nSPS) is 19.7. The van der Waals surface area contributed by atoms with Gasteiger partial charge in [-0.1, -0.05) is 26.3 Å². The summed E-state index contributed by atoms with van der Waals surface area (Å²) in [6.45, 7) is 4.65. The average molecular weight is 317 g/mol. The number of rotatable bonds is 2. The smallest absolute Gasteiger partial charge is 0.255 e. The van der Waals surface area contributed by atoms with Crippen LogP contribution >= 0.6 is 0 Å². The van der Waals surface area contributed by atoms with E-state index < -0.39 is 6.04 Å². The predicted octanol–water partition coefficient (Wildman–Crippen LogP) is 1.91. The van der Waals surface area contributed by atoms with E-state index in [9.17, 15) is 14.4 Å². The second-order valence-electron chi connectivity index (χ2n) is 5.69. The number of imide groups is 1. The fourth-order valence-electron chi connectivity index (χ4n) is 2.82. The number of carbonyl (C=O) groups is 3. The van der Waals surface area contributed by atoms with Crippen molar-refractivity contribution >= 4 is 23.4 Å². The zero-order chi connectivity index (χ0) is 17.0. The Hall–Kier alpha value is -2.37. The van der Waals surface area contributed by atoms with Gasteiger partial charge in [0.1, 0.15) is 6.04 Å². The van der Waals surface area contributed by atoms with Crippen LogP contribution in [0.2, 0.25) is 0 Å². The van der Waals surface area contributed by atoms with Crippen molar-refractivity contribution in [3.05, 3.63) is 29.3 Å². The van der Waals surface area contributed by atoms with Gasteiger partial charge in [0.05, 0.1) is 0 Å². The summed E-state index contributed by atoms with van der Waals surface area (Å²) >= 11 is 0. The number of piperidine rings is 1. The Bertz CT molecular complexity index is 628. The van der Waals surface area contributed by atoms with Gasteiger partial charge < -0.3 is 10.2 Å². The fourth-order valence-corrected chi connectivity index (χ4v) is 2.82. The summed E-state index contributed by atoms with van der Waals surface area (Å²) in [6.07, 6.45) is 1.91. The number of nitrogens with zero attached hydrogens (tertiary/aromatic N) is 1. The minimum absolute atomic E-state index is 0.147. The Kier molecular flexibility index (Phi) is 5.36. The lowest BCUT2D eigenvalue weighted by Crippen LogP contribution is -2.52. The molecule has 0 aliphatic carbocycles. The Morgan fingerprint density at radius 2 is 1.96 bits per heavy atom. The Labute approximate surface area is 136 Å². The average Bonchev–Trinajstić information content (AvgIpc) is 2.85. The van der Waals surface area contributed by atoms with Crippen LogP contribution in [0.5, 0.6) is 0 Å². The standard InChI is InChI=1S/C14H15N3O3.C3H8/c1-15-10-4-2-3-8-9(10)7-17(14(8)20)11-5-6-12(18)16-13(11)19;1-3-2/h2-4,11,15H,5-7H2,1H3,(H,16,18,19);3H2,1-2H3. The van der Waals surface area contributed by atoms with Crippen molar-refractivity contribution in [3.63, 3.8) is 0 Å². The summed E-state index contributed by atoms with van der Waals surface area (Å²) in [7, 11) is 1.80. The largest absolute Gasteiger partial charge is 0.388 e. The van der Waals surface area contributed by atoms with E-state index in [-0.39, 0.29) is 24.1 Å². The van der Waals surface area contributed by atoms with E-state index in [0.717, 1.165) is 11.3 Å². The van der Waals surface area contributed by atoms with Crippen LogP contribution in [0.25, 0.3) is 0 Å². The summed E-state index contributed by atoms with van der Waals surface area (Å²) in [6, 6.07) is 4.93. The molecule has 1 aromatic rings. The summed E-state index contributed by atoms with van der Waals surface area (Å²) in [4.78, 5) is 37.1. The van der Waals surface area contributed by atoms with Crippen LogP contribution in [0.4, 0.5) is 5.69 Å². The topological polar surface area (TPSA) is 78.5 Å². The van der Waals surface area contributed by atoms with Gasteiger partial charge in [-0.15, -0.1) is 0 Å². The number of hydrogen-bond acceptors (Lipinski definition) is 4. The highest BCUT2D eigenvalue weighted by atomic mass is 16.2. The molecule has 23 heavy (non-hydrogen) atoms. The molecule has 0 saturated carbocycles. The van der Waals surface area contributed by atoms with Gasteiger partial charge in [0.25, 0.3) is 5.91 Å². The number of anilines is 1. The fraction of sp³-hybridized carbons (Fsp3) is 0.471. The molecule has 3 rings (SSSR count). The molecule has 6 heteroatoms. The van der Waals surface area contributed by atoms with Crippen molar-refractivity contribution in [1.82, 2.24) is 10.2 Å². The second kappa shape index (κ2) is 7.26. The molecule has 2 heterocycles. The molecule has 6 nitrogen and oxygen atoms in total. The van der Waals surface area contributed by atoms with Crippen molar-refractivity contribution in [2.75, 3.05) is 12.4 Å². The lowest BCUT2D eigenvalue weighted by molar-refractivity contribution is -0.136.